The minimum atomic E-state index is -0.141. The fourth-order valence-corrected chi connectivity index (χ4v) is 3.70. The molecule has 0 heterocycles. The second-order valence-electron chi connectivity index (χ2n) is 10.1. The maximum atomic E-state index is 11.1. The Bertz CT molecular complexity index is 802. The van der Waals surface area contributed by atoms with Crippen molar-refractivity contribution in [1.29, 1.82) is 0 Å². The van der Waals surface area contributed by atoms with Gasteiger partial charge in [0.25, 0.3) is 0 Å². The van der Waals surface area contributed by atoms with E-state index in [0.29, 0.717) is 17.9 Å². The molecule has 0 bridgehead atoms. The van der Waals surface area contributed by atoms with Gasteiger partial charge in [0, 0.05) is 17.5 Å². The fourth-order valence-electron chi connectivity index (χ4n) is 3.70. The van der Waals surface area contributed by atoms with Gasteiger partial charge in [-0.2, -0.15) is 0 Å². The third kappa shape index (κ3) is 4.00. The summed E-state index contributed by atoms with van der Waals surface area (Å²) in [5, 5.41) is 22.2. The zero-order valence-corrected chi connectivity index (χ0v) is 18.8. The number of rotatable bonds is 2. The van der Waals surface area contributed by atoms with Gasteiger partial charge >= 0.3 is 0 Å². The minimum Gasteiger partial charge on any atom is -0.507 e. The van der Waals surface area contributed by atoms with Crippen LogP contribution in [0.3, 0.4) is 0 Å². The number of aryl methyl sites for hydroxylation is 2. The molecule has 0 aliphatic carbocycles. The minimum absolute atomic E-state index is 0.141. The summed E-state index contributed by atoms with van der Waals surface area (Å²) < 4.78 is 0. The summed E-state index contributed by atoms with van der Waals surface area (Å²) in [6.45, 7) is 21.0. The third-order valence-corrected chi connectivity index (χ3v) is 5.86. The lowest BCUT2D eigenvalue weighted by Gasteiger charge is -2.27. The molecule has 0 amide bonds. The van der Waals surface area contributed by atoms with Crippen LogP contribution in [-0.4, -0.2) is 10.2 Å². The summed E-state index contributed by atoms with van der Waals surface area (Å²) in [6, 6.07) is 4.19. The number of hydrogen-bond donors (Lipinski definition) is 2. The highest BCUT2D eigenvalue weighted by Gasteiger charge is 2.26. The lowest BCUT2D eigenvalue weighted by Crippen LogP contribution is -2.15. The van der Waals surface area contributed by atoms with Gasteiger partial charge < -0.3 is 10.2 Å². The number of benzene rings is 2. The standard InChI is InChI=1S/C25H36O2/c1-14-11-20(24(5,6)7)22(26)18(16(14)3)13-19-17(4)15(2)12-21(23(19)27)25(8,9)10/h11-12,26-27H,13H2,1-10H3. The molecule has 0 radical (unpaired) electrons. The SMILES string of the molecule is Cc1cc(C(C)(C)C)c(O)c(Cc2c(C)c(C)cc(C(C)(C)C)c2O)c1C. The van der Waals surface area contributed by atoms with E-state index in [-0.39, 0.29) is 10.8 Å². The maximum Gasteiger partial charge on any atom is 0.123 e. The van der Waals surface area contributed by atoms with Crippen LogP contribution in [0.15, 0.2) is 12.1 Å². The van der Waals surface area contributed by atoms with E-state index in [0.717, 1.165) is 33.4 Å². The first-order chi connectivity index (χ1) is 12.2. The molecule has 2 heteroatoms. The number of phenolic OH excluding ortho intramolecular Hbond substituents is 2. The second kappa shape index (κ2) is 6.89. The summed E-state index contributed by atoms with van der Waals surface area (Å²) in [5.74, 6) is 0.728. The summed E-state index contributed by atoms with van der Waals surface area (Å²) >= 11 is 0. The molecule has 0 saturated heterocycles. The van der Waals surface area contributed by atoms with E-state index in [1.54, 1.807) is 0 Å². The largest absolute Gasteiger partial charge is 0.507 e. The van der Waals surface area contributed by atoms with Crippen LogP contribution in [0.2, 0.25) is 0 Å². The van der Waals surface area contributed by atoms with Gasteiger partial charge in [-0.05, 0) is 71.9 Å². The van der Waals surface area contributed by atoms with E-state index >= 15 is 0 Å². The van der Waals surface area contributed by atoms with Crippen LogP contribution in [-0.2, 0) is 17.3 Å². The smallest absolute Gasteiger partial charge is 0.123 e. The molecule has 2 nitrogen and oxygen atoms in total. The van der Waals surface area contributed by atoms with Crippen molar-refractivity contribution in [3.63, 3.8) is 0 Å². The first-order valence-electron chi connectivity index (χ1n) is 9.81. The molecule has 0 saturated carbocycles. The Morgan fingerprint density at radius 3 is 1.19 bits per heavy atom. The maximum absolute atomic E-state index is 11.1. The van der Waals surface area contributed by atoms with Crippen molar-refractivity contribution in [2.75, 3.05) is 0 Å². The first-order valence-corrected chi connectivity index (χ1v) is 9.81. The van der Waals surface area contributed by atoms with Crippen LogP contribution in [0, 0.1) is 27.7 Å². The Labute approximate surface area is 165 Å². The number of phenols is 2. The quantitative estimate of drug-likeness (QED) is 0.633. The molecular weight excluding hydrogens is 332 g/mol. The van der Waals surface area contributed by atoms with E-state index in [9.17, 15) is 10.2 Å². The third-order valence-electron chi connectivity index (χ3n) is 5.86. The lowest BCUT2D eigenvalue weighted by molar-refractivity contribution is 0.434. The highest BCUT2D eigenvalue weighted by molar-refractivity contribution is 5.58. The van der Waals surface area contributed by atoms with Gasteiger partial charge in [-0.25, -0.2) is 0 Å². The predicted octanol–water partition coefficient (Wildman–Crippen LogP) is 6.52. The van der Waals surface area contributed by atoms with Crippen molar-refractivity contribution >= 4 is 0 Å². The fraction of sp³-hybridized carbons (Fsp3) is 0.520. The molecule has 148 valence electrons. The molecule has 0 aromatic heterocycles. The average molecular weight is 369 g/mol. The number of aromatic hydroxyl groups is 2. The summed E-state index contributed by atoms with van der Waals surface area (Å²) in [5.41, 5.74) is 8.02. The molecule has 2 rings (SSSR count). The van der Waals surface area contributed by atoms with Crippen molar-refractivity contribution in [2.24, 2.45) is 0 Å². The predicted molar refractivity (Wildman–Crippen MR) is 115 cm³/mol. The molecule has 0 fully saturated rings. The van der Waals surface area contributed by atoms with Crippen LogP contribution in [0.25, 0.3) is 0 Å². The van der Waals surface area contributed by atoms with E-state index < -0.39 is 0 Å². The molecule has 27 heavy (non-hydrogen) atoms. The summed E-state index contributed by atoms with van der Waals surface area (Å²) in [7, 11) is 0. The van der Waals surface area contributed by atoms with E-state index in [2.05, 4.69) is 81.4 Å². The molecule has 0 unspecified atom stereocenters. The van der Waals surface area contributed by atoms with Crippen LogP contribution in [0.4, 0.5) is 0 Å². The normalized spacial score (nSPS) is 12.5. The average Bonchev–Trinajstić information content (AvgIpc) is 2.51. The lowest BCUT2D eigenvalue weighted by atomic mass is 9.79. The Morgan fingerprint density at radius 2 is 0.926 bits per heavy atom. The zero-order valence-electron chi connectivity index (χ0n) is 18.8. The van der Waals surface area contributed by atoms with Gasteiger partial charge in [-0.3, -0.25) is 0 Å². The van der Waals surface area contributed by atoms with Crippen LogP contribution in [0.1, 0.15) is 86.1 Å². The zero-order chi connectivity index (χ0) is 20.9. The van der Waals surface area contributed by atoms with E-state index in [4.69, 9.17) is 0 Å². The first kappa shape index (κ1) is 21.3. The Balaban J connectivity index is 2.75. The Hall–Kier alpha value is -1.96. The van der Waals surface area contributed by atoms with Gasteiger partial charge in [0.1, 0.15) is 11.5 Å². The van der Waals surface area contributed by atoms with Gasteiger partial charge in [0.15, 0.2) is 0 Å². The van der Waals surface area contributed by atoms with Crippen molar-refractivity contribution in [3.05, 3.63) is 56.6 Å². The summed E-state index contributed by atoms with van der Waals surface area (Å²) in [6.07, 6.45) is 0.533. The van der Waals surface area contributed by atoms with E-state index in [1.165, 1.54) is 11.1 Å². The molecule has 2 aromatic carbocycles. The molecule has 0 aliphatic heterocycles. The monoisotopic (exact) mass is 368 g/mol. The molecule has 0 atom stereocenters. The van der Waals surface area contributed by atoms with Crippen molar-refractivity contribution in [3.8, 4) is 11.5 Å². The highest BCUT2D eigenvalue weighted by Crippen LogP contribution is 2.42. The van der Waals surface area contributed by atoms with Gasteiger partial charge in [0.05, 0.1) is 0 Å². The Morgan fingerprint density at radius 1 is 0.630 bits per heavy atom. The molecule has 2 aromatic rings. The molecule has 2 N–H and O–H groups in total. The van der Waals surface area contributed by atoms with Gasteiger partial charge in [0.2, 0.25) is 0 Å². The van der Waals surface area contributed by atoms with Gasteiger partial charge in [-0.1, -0.05) is 53.7 Å². The number of hydrogen-bond acceptors (Lipinski definition) is 2. The van der Waals surface area contributed by atoms with E-state index in [1.807, 2.05) is 0 Å². The topological polar surface area (TPSA) is 40.5 Å². The molecule has 0 spiro atoms. The van der Waals surface area contributed by atoms with Crippen LogP contribution >= 0.6 is 0 Å². The highest BCUT2D eigenvalue weighted by atomic mass is 16.3. The molecule has 0 aliphatic rings. The van der Waals surface area contributed by atoms with Gasteiger partial charge in [-0.15, -0.1) is 0 Å². The molecular formula is C25H36O2. The van der Waals surface area contributed by atoms with Crippen LogP contribution in [0.5, 0.6) is 11.5 Å². The van der Waals surface area contributed by atoms with Crippen LogP contribution < -0.4 is 0 Å². The summed E-state index contributed by atoms with van der Waals surface area (Å²) in [4.78, 5) is 0. The Kier molecular flexibility index (Phi) is 5.45. The van der Waals surface area contributed by atoms with Crippen molar-refractivity contribution < 1.29 is 10.2 Å². The van der Waals surface area contributed by atoms with Crippen molar-refractivity contribution in [2.45, 2.75) is 86.5 Å². The second-order valence-corrected chi connectivity index (χ2v) is 10.1. The van der Waals surface area contributed by atoms with Crippen molar-refractivity contribution in [1.82, 2.24) is 0 Å².